The summed E-state index contributed by atoms with van der Waals surface area (Å²) >= 11 is 0. The minimum atomic E-state index is 0.146. The molecule has 0 aliphatic carbocycles. The van der Waals surface area contributed by atoms with E-state index in [9.17, 15) is 9.59 Å². The number of carbonyl (C=O) groups excluding carboxylic acids is 2. The molecule has 5 heteroatoms. The molecule has 1 amide bonds. The summed E-state index contributed by atoms with van der Waals surface area (Å²) in [7, 11) is 1.99. The predicted molar refractivity (Wildman–Crippen MR) is 96.3 cm³/mol. The van der Waals surface area contributed by atoms with E-state index in [0.29, 0.717) is 6.54 Å². The highest BCUT2D eigenvalue weighted by atomic mass is 16.2. The van der Waals surface area contributed by atoms with Crippen LogP contribution in [0.2, 0.25) is 0 Å². The van der Waals surface area contributed by atoms with E-state index in [1.165, 1.54) is 0 Å². The molecule has 0 spiro atoms. The molecule has 0 N–H and O–H groups in total. The van der Waals surface area contributed by atoms with Gasteiger partial charge in [0, 0.05) is 56.1 Å². The van der Waals surface area contributed by atoms with Crippen molar-refractivity contribution >= 4 is 11.7 Å². The summed E-state index contributed by atoms with van der Waals surface area (Å²) in [4.78, 5) is 29.1. The maximum absolute atomic E-state index is 12.6. The molecule has 1 aliphatic rings. The number of amides is 1. The molecule has 0 unspecified atom stereocenters. The Kier molecular flexibility index (Phi) is 6.21. The summed E-state index contributed by atoms with van der Waals surface area (Å²) in [6, 6.07) is 1.98. The second-order valence-electron chi connectivity index (χ2n) is 6.88. The fourth-order valence-electron chi connectivity index (χ4n) is 3.45. The summed E-state index contributed by atoms with van der Waals surface area (Å²) in [5.74, 6) is 0.601. The summed E-state index contributed by atoms with van der Waals surface area (Å²) in [5, 5.41) is 0. The van der Waals surface area contributed by atoms with E-state index in [4.69, 9.17) is 0 Å². The van der Waals surface area contributed by atoms with E-state index in [1.54, 1.807) is 0 Å². The van der Waals surface area contributed by atoms with Crippen LogP contribution in [0, 0.1) is 19.8 Å². The first-order valence-electron chi connectivity index (χ1n) is 9.06. The van der Waals surface area contributed by atoms with Crippen molar-refractivity contribution in [3.63, 3.8) is 0 Å². The molecule has 1 aromatic heterocycles. The number of piperazine rings is 1. The first-order chi connectivity index (χ1) is 11.4. The number of Topliss-reactive ketones (excluding diaryl/α,β-unsaturated/α-hetero) is 1. The van der Waals surface area contributed by atoms with Gasteiger partial charge < -0.3 is 9.47 Å². The number of hydrogen-bond donors (Lipinski definition) is 0. The maximum atomic E-state index is 12.6. The van der Waals surface area contributed by atoms with E-state index in [0.717, 1.165) is 56.0 Å². The van der Waals surface area contributed by atoms with Gasteiger partial charge in [0.2, 0.25) is 5.91 Å². The van der Waals surface area contributed by atoms with Gasteiger partial charge in [-0.3, -0.25) is 14.5 Å². The van der Waals surface area contributed by atoms with Crippen molar-refractivity contribution in [3.05, 3.63) is 23.0 Å². The average molecular weight is 333 g/mol. The number of hydrogen-bond acceptors (Lipinski definition) is 3. The lowest BCUT2D eigenvalue weighted by atomic mass is 10.0. The van der Waals surface area contributed by atoms with Crippen LogP contribution in [0.15, 0.2) is 6.07 Å². The Morgan fingerprint density at radius 3 is 2.12 bits per heavy atom. The normalized spacial score (nSPS) is 16.0. The van der Waals surface area contributed by atoms with E-state index in [2.05, 4.69) is 23.3 Å². The highest BCUT2D eigenvalue weighted by Crippen LogP contribution is 2.16. The smallest absolute Gasteiger partial charge is 0.225 e. The molecule has 0 aromatic carbocycles. The lowest BCUT2D eigenvalue weighted by Crippen LogP contribution is -2.51. The Morgan fingerprint density at radius 2 is 1.67 bits per heavy atom. The molecule has 1 aliphatic heterocycles. The van der Waals surface area contributed by atoms with Gasteiger partial charge in [-0.25, -0.2) is 0 Å². The summed E-state index contributed by atoms with van der Waals surface area (Å²) in [6.07, 6.45) is 1.81. The van der Waals surface area contributed by atoms with Crippen molar-refractivity contribution < 1.29 is 9.59 Å². The summed E-state index contributed by atoms with van der Waals surface area (Å²) in [6.45, 7) is 11.6. The quantitative estimate of drug-likeness (QED) is 0.751. The van der Waals surface area contributed by atoms with Crippen LogP contribution < -0.4 is 0 Å². The van der Waals surface area contributed by atoms with Crippen molar-refractivity contribution in [3.8, 4) is 0 Å². The van der Waals surface area contributed by atoms with Crippen LogP contribution in [0.5, 0.6) is 0 Å². The van der Waals surface area contributed by atoms with Crippen molar-refractivity contribution in [2.75, 3.05) is 32.7 Å². The number of rotatable bonds is 6. The van der Waals surface area contributed by atoms with Gasteiger partial charge in [-0.15, -0.1) is 0 Å². The highest BCUT2D eigenvalue weighted by molar-refractivity contribution is 5.99. The molecule has 1 aromatic rings. The van der Waals surface area contributed by atoms with Crippen molar-refractivity contribution in [1.29, 1.82) is 0 Å². The first-order valence-corrected chi connectivity index (χ1v) is 9.06. The van der Waals surface area contributed by atoms with Crippen LogP contribution in [0.4, 0.5) is 0 Å². The second kappa shape index (κ2) is 7.97. The molecule has 0 bridgehead atoms. The molecule has 0 radical (unpaired) electrons. The molecule has 0 atom stereocenters. The van der Waals surface area contributed by atoms with Crippen LogP contribution >= 0.6 is 0 Å². The monoisotopic (exact) mass is 333 g/mol. The van der Waals surface area contributed by atoms with E-state index < -0.39 is 0 Å². The van der Waals surface area contributed by atoms with Gasteiger partial charge in [-0.2, -0.15) is 0 Å². The third-order valence-corrected chi connectivity index (χ3v) is 5.46. The second-order valence-corrected chi connectivity index (χ2v) is 6.88. The van der Waals surface area contributed by atoms with Crippen molar-refractivity contribution in [2.24, 2.45) is 13.0 Å². The van der Waals surface area contributed by atoms with Crippen LogP contribution in [-0.2, 0) is 11.8 Å². The number of carbonyl (C=O) groups is 2. The topological polar surface area (TPSA) is 45.6 Å². The molecule has 1 fully saturated rings. The molecule has 5 nitrogen and oxygen atoms in total. The Labute approximate surface area is 145 Å². The largest absolute Gasteiger partial charge is 0.351 e. The highest BCUT2D eigenvalue weighted by Gasteiger charge is 2.26. The predicted octanol–water partition coefficient (Wildman–Crippen LogP) is 2.41. The molecular weight excluding hydrogens is 302 g/mol. The standard InChI is InChI=1S/C19H31N3O2/c1-6-16(7-2)19(24)22-10-8-21(9-11-22)13-18(23)17-12-14(3)20(5)15(17)4/h12,16H,6-11,13H2,1-5H3. The van der Waals surface area contributed by atoms with Gasteiger partial charge in [0.15, 0.2) is 5.78 Å². The Hall–Kier alpha value is -1.62. The Bertz CT molecular complexity index is 594. The third-order valence-electron chi connectivity index (χ3n) is 5.46. The number of ketones is 1. The SMILES string of the molecule is CCC(CC)C(=O)N1CCN(CC(=O)c2cc(C)n(C)c2C)CC1. The molecule has 2 rings (SSSR count). The third kappa shape index (κ3) is 3.89. The number of aryl methyl sites for hydroxylation is 1. The van der Waals surface area contributed by atoms with Gasteiger partial charge in [0.25, 0.3) is 0 Å². The van der Waals surface area contributed by atoms with Crippen molar-refractivity contribution in [2.45, 2.75) is 40.5 Å². The molecule has 134 valence electrons. The zero-order chi connectivity index (χ0) is 17.9. The Balaban J connectivity index is 1.90. The number of aromatic nitrogens is 1. The van der Waals surface area contributed by atoms with Crippen LogP contribution in [-0.4, -0.2) is 58.8 Å². The molecule has 24 heavy (non-hydrogen) atoms. The number of nitrogens with zero attached hydrogens (tertiary/aromatic N) is 3. The Morgan fingerprint density at radius 1 is 1.08 bits per heavy atom. The molecule has 2 heterocycles. The van der Waals surface area contributed by atoms with Gasteiger partial charge in [0.05, 0.1) is 6.54 Å². The average Bonchev–Trinajstić information content (AvgIpc) is 2.84. The molecule has 0 saturated carbocycles. The summed E-state index contributed by atoms with van der Waals surface area (Å²) in [5.41, 5.74) is 2.96. The fraction of sp³-hybridized carbons (Fsp3) is 0.684. The first kappa shape index (κ1) is 18.7. The minimum Gasteiger partial charge on any atom is -0.351 e. The van der Waals surface area contributed by atoms with Crippen LogP contribution in [0.3, 0.4) is 0 Å². The summed E-state index contributed by atoms with van der Waals surface area (Å²) < 4.78 is 2.06. The van der Waals surface area contributed by atoms with Crippen LogP contribution in [0.1, 0.15) is 48.4 Å². The zero-order valence-corrected chi connectivity index (χ0v) is 15.8. The van der Waals surface area contributed by atoms with Gasteiger partial charge in [0.1, 0.15) is 0 Å². The minimum absolute atomic E-state index is 0.146. The molecule has 1 saturated heterocycles. The van der Waals surface area contributed by atoms with Crippen molar-refractivity contribution in [1.82, 2.24) is 14.4 Å². The van der Waals surface area contributed by atoms with E-state index in [1.807, 2.05) is 31.9 Å². The zero-order valence-electron chi connectivity index (χ0n) is 15.8. The fourth-order valence-corrected chi connectivity index (χ4v) is 3.45. The molecular formula is C19H31N3O2. The van der Waals surface area contributed by atoms with E-state index >= 15 is 0 Å². The van der Waals surface area contributed by atoms with E-state index in [-0.39, 0.29) is 17.6 Å². The maximum Gasteiger partial charge on any atom is 0.225 e. The van der Waals surface area contributed by atoms with Gasteiger partial charge >= 0.3 is 0 Å². The van der Waals surface area contributed by atoms with Crippen LogP contribution in [0.25, 0.3) is 0 Å². The lowest BCUT2D eigenvalue weighted by Gasteiger charge is -2.36. The van der Waals surface area contributed by atoms with Gasteiger partial charge in [-0.05, 0) is 32.8 Å². The lowest BCUT2D eigenvalue weighted by molar-refractivity contribution is -0.137. The van der Waals surface area contributed by atoms with Gasteiger partial charge in [-0.1, -0.05) is 13.8 Å².